The van der Waals surface area contributed by atoms with Crippen LogP contribution in [-0.4, -0.2) is 27.8 Å². The highest BCUT2D eigenvalue weighted by atomic mass is 19.1. The molecule has 0 unspecified atom stereocenters. The van der Waals surface area contributed by atoms with Crippen LogP contribution in [0.4, 0.5) is 4.39 Å². The first-order valence-electron chi connectivity index (χ1n) is 5.86. The number of aliphatic hydroxyl groups excluding tert-OH is 1. The first-order chi connectivity index (χ1) is 9.70. The number of nitrogens with one attached hydrogen (secondary N) is 2. The van der Waals surface area contributed by atoms with Crippen LogP contribution >= 0.6 is 0 Å². The van der Waals surface area contributed by atoms with Gasteiger partial charge in [-0.15, -0.1) is 0 Å². The van der Waals surface area contributed by atoms with E-state index in [-0.39, 0.29) is 23.6 Å². The van der Waals surface area contributed by atoms with E-state index in [2.05, 4.69) is 27.4 Å². The van der Waals surface area contributed by atoms with Gasteiger partial charge in [0.15, 0.2) is 0 Å². The molecule has 2 rings (SSSR count). The Balaban J connectivity index is 2.05. The van der Waals surface area contributed by atoms with Crippen LogP contribution in [0.2, 0.25) is 0 Å². The number of aromatic amines is 1. The number of hydrogen-bond donors (Lipinski definition) is 3. The third-order valence-corrected chi connectivity index (χ3v) is 2.54. The van der Waals surface area contributed by atoms with Gasteiger partial charge in [0.2, 0.25) is 0 Å². The van der Waals surface area contributed by atoms with E-state index in [4.69, 9.17) is 5.11 Å². The fraction of sp³-hybridized carbons (Fsp3) is 0.143. The molecule has 0 radical (unpaired) electrons. The Kier molecular flexibility index (Phi) is 4.47. The number of H-pyrrole nitrogens is 1. The van der Waals surface area contributed by atoms with Crippen molar-refractivity contribution in [1.29, 1.82) is 0 Å². The molecule has 102 valence electrons. The van der Waals surface area contributed by atoms with E-state index in [1.807, 2.05) is 0 Å². The molecular weight excluding hydrogens is 261 g/mol. The third kappa shape index (κ3) is 3.43. The zero-order valence-corrected chi connectivity index (χ0v) is 10.5. The molecule has 1 heterocycles. The second-order valence-corrected chi connectivity index (χ2v) is 3.94. The van der Waals surface area contributed by atoms with E-state index in [0.717, 1.165) is 11.6 Å². The maximum atomic E-state index is 13.7. The third-order valence-electron chi connectivity index (χ3n) is 2.54. The second kappa shape index (κ2) is 6.50. The lowest BCUT2D eigenvalue weighted by Gasteiger charge is -2.04. The molecule has 0 saturated carbocycles. The van der Waals surface area contributed by atoms with Gasteiger partial charge in [0.25, 0.3) is 5.91 Å². The first kappa shape index (κ1) is 13.8. The maximum Gasteiger partial charge on any atom is 0.251 e. The fourth-order valence-corrected chi connectivity index (χ4v) is 1.55. The monoisotopic (exact) mass is 273 g/mol. The number of hydrogen-bond acceptors (Lipinski definition) is 3. The van der Waals surface area contributed by atoms with E-state index in [1.165, 1.54) is 12.1 Å². The molecule has 20 heavy (non-hydrogen) atoms. The minimum absolute atomic E-state index is 0.144. The summed E-state index contributed by atoms with van der Waals surface area (Å²) in [4.78, 5) is 11.8. The van der Waals surface area contributed by atoms with Crippen LogP contribution in [-0.2, 0) is 6.54 Å². The Morgan fingerprint density at radius 1 is 1.50 bits per heavy atom. The Morgan fingerprint density at radius 3 is 3.00 bits per heavy atom. The van der Waals surface area contributed by atoms with Crippen molar-refractivity contribution in [2.45, 2.75) is 6.54 Å². The Bertz CT molecular complexity index is 657. The topological polar surface area (TPSA) is 78.0 Å². The molecule has 1 aromatic heterocycles. The molecular formula is C14H12FN3O2. The van der Waals surface area contributed by atoms with E-state index in [0.29, 0.717) is 6.54 Å². The lowest BCUT2D eigenvalue weighted by atomic mass is 10.1. The highest BCUT2D eigenvalue weighted by Gasteiger charge is 2.08. The molecule has 0 aliphatic carbocycles. The first-order valence-corrected chi connectivity index (χ1v) is 5.86. The Labute approximate surface area is 114 Å². The fourth-order valence-electron chi connectivity index (χ4n) is 1.55. The zero-order chi connectivity index (χ0) is 14.4. The van der Waals surface area contributed by atoms with E-state index >= 15 is 0 Å². The van der Waals surface area contributed by atoms with Crippen LogP contribution in [0.5, 0.6) is 0 Å². The number of nitrogens with zero attached hydrogens (tertiary/aromatic N) is 1. The number of benzene rings is 1. The largest absolute Gasteiger partial charge is 0.384 e. The molecule has 2 aromatic rings. The predicted octanol–water partition coefficient (Wildman–Crippen LogP) is 0.823. The van der Waals surface area contributed by atoms with Gasteiger partial charge in [-0.25, -0.2) is 4.39 Å². The van der Waals surface area contributed by atoms with Crippen molar-refractivity contribution in [2.75, 3.05) is 6.61 Å². The number of halogens is 1. The van der Waals surface area contributed by atoms with Crippen molar-refractivity contribution >= 4 is 5.91 Å². The molecule has 0 bridgehead atoms. The highest BCUT2D eigenvalue weighted by Crippen LogP contribution is 2.09. The van der Waals surface area contributed by atoms with Crippen molar-refractivity contribution in [3.05, 3.63) is 53.1 Å². The lowest BCUT2D eigenvalue weighted by molar-refractivity contribution is 0.0950. The summed E-state index contributed by atoms with van der Waals surface area (Å²) >= 11 is 0. The summed E-state index contributed by atoms with van der Waals surface area (Å²) in [6.45, 7) is -0.0323. The van der Waals surface area contributed by atoms with Crippen molar-refractivity contribution in [3.8, 4) is 11.8 Å². The molecule has 0 atom stereocenters. The summed E-state index contributed by atoms with van der Waals surface area (Å²) in [6.07, 6.45) is 3.25. The van der Waals surface area contributed by atoms with Gasteiger partial charge in [-0.05, 0) is 18.2 Å². The van der Waals surface area contributed by atoms with Crippen molar-refractivity contribution < 1.29 is 14.3 Å². The van der Waals surface area contributed by atoms with Crippen LogP contribution in [0.1, 0.15) is 21.5 Å². The van der Waals surface area contributed by atoms with Crippen molar-refractivity contribution in [3.63, 3.8) is 0 Å². The van der Waals surface area contributed by atoms with Crippen LogP contribution in [0.3, 0.4) is 0 Å². The summed E-state index contributed by atoms with van der Waals surface area (Å²) in [6, 6.07) is 4.01. The molecule has 0 aliphatic rings. The number of amides is 1. The molecule has 5 nitrogen and oxygen atoms in total. The minimum atomic E-state index is -0.595. The molecule has 0 spiro atoms. The average molecular weight is 273 g/mol. The van der Waals surface area contributed by atoms with Crippen LogP contribution < -0.4 is 5.32 Å². The van der Waals surface area contributed by atoms with Gasteiger partial charge in [0.05, 0.1) is 11.8 Å². The zero-order valence-electron chi connectivity index (χ0n) is 10.5. The Morgan fingerprint density at radius 2 is 2.35 bits per heavy atom. The minimum Gasteiger partial charge on any atom is -0.384 e. The average Bonchev–Trinajstić information content (AvgIpc) is 2.96. The molecule has 0 aliphatic heterocycles. The van der Waals surface area contributed by atoms with Gasteiger partial charge in [-0.3, -0.25) is 9.89 Å². The maximum absolute atomic E-state index is 13.7. The van der Waals surface area contributed by atoms with Crippen molar-refractivity contribution in [2.24, 2.45) is 0 Å². The molecule has 6 heteroatoms. The number of aliphatic hydroxyl groups is 1. The van der Waals surface area contributed by atoms with Crippen molar-refractivity contribution in [1.82, 2.24) is 15.5 Å². The number of rotatable bonds is 3. The number of aromatic nitrogens is 2. The molecule has 0 fully saturated rings. The van der Waals surface area contributed by atoms with Gasteiger partial charge in [0, 0.05) is 23.9 Å². The van der Waals surface area contributed by atoms with Gasteiger partial charge >= 0.3 is 0 Å². The van der Waals surface area contributed by atoms with Gasteiger partial charge < -0.3 is 10.4 Å². The number of carbonyl (C=O) groups is 1. The van der Waals surface area contributed by atoms with E-state index < -0.39 is 5.82 Å². The van der Waals surface area contributed by atoms with Gasteiger partial charge in [0.1, 0.15) is 12.4 Å². The normalized spacial score (nSPS) is 9.70. The molecule has 3 N–H and O–H groups in total. The number of carbonyl (C=O) groups excluding carboxylic acids is 1. The van der Waals surface area contributed by atoms with Gasteiger partial charge in [-0.1, -0.05) is 11.8 Å². The van der Waals surface area contributed by atoms with Crippen LogP contribution in [0.25, 0.3) is 0 Å². The standard InChI is InChI=1S/C14H12FN3O2/c15-13-6-12(4-3-11(13)2-1-5-19)14(20)16-7-10-8-17-18-9-10/h3-4,6,8-9,19H,5,7H2,(H,16,20)(H,17,18). The SMILES string of the molecule is O=C(NCc1cn[nH]c1)c1ccc(C#CCO)c(F)c1. The summed E-state index contributed by atoms with van der Waals surface area (Å²) < 4.78 is 13.7. The molecule has 1 amide bonds. The summed E-state index contributed by atoms with van der Waals surface area (Å²) in [5.41, 5.74) is 1.18. The highest BCUT2D eigenvalue weighted by molar-refractivity contribution is 5.94. The molecule has 1 aromatic carbocycles. The molecule has 0 saturated heterocycles. The predicted molar refractivity (Wildman–Crippen MR) is 70.1 cm³/mol. The summed E-state index contributed by atoms with van der Waals surface area (Å²) in [7, 11) is 0. The Hall–Kier alpha value is -2.65. The summed E-state index contributed by atoms with van der Waals surface area (Å²) in [5.74, 6) is 3.84. The quantitative estimate of drug-likeness (QED) is 0.725. The smallest absolute Gasteiger partial charge is 0.251 e. The lowest BCUT2D eigenvalue weighted by Crippen LogP contribution is -2.22. The van der Waals surface area contributed by atoms with Gasteiger partial charge in [-0.2, -0.15) is 5.10 Å². The van der Waals surface area contributed by atoms with Crippen LogP contribution in [0, 0.1) is 17.7 Å². The summed E-state index contributed by atoms with van der Waals surface area (Å²) in [5, 5.41) is 17.6. The van der Waals surface area contributed by atoms with Crippen LogP contribution in [0.15, 0.2) is 30.6 Å². The van der Waals surface area contributed by atoms with E-state index in [9.17, 15) is 9.18 Å². The van der Waals surface area contributed by atoms with E-state index in [1.54, 1.807) is 12.4 Å². The second-order valence-electron chi connectivity index (χ2n) is 3.94.